The maximum absolute atomic E-state index is 11.8. The molecule has 1 amide bonds. The summed E-state index contributed by atoms with van der Waals surface area (Å²) in [4.78, 5) is 11.8. The summed E-state index contributed by atoms with van der Waals surface area (Å²) in [6, 6.07) is 12.6. The molecule has 20 heavy (non-hydrogen) atoms. The highest BCUT2D eigenvalue weighted by Crippen LogP contribution is 2.31. The first-order valence-corrected chi connectivity index (χ1v) is 6.76. The van der Waals surface area contributed by atoms with E-state index in [0.29, 0.717) is 0 Å². The molecule has 3 nitrogen and oxygen atoms in total. The molecule has 1 saturated heterocycles. The summed E-state index contributed by atoms with van der Waals surface area (Å²) < 4.78 is 0. The Hall–Kier alpha value is -2.29. The first kappa shape index (κ1) is 12.7. The minimum Gasteiger partial charge on any atom is -0.302 e. The van der Waals surface area contributed by atoms with Gasteiger partial charge in [0.05, 0.1) is 5.41 Å². The second kappa shape index (κ2) is 4.37. The average Bonchev–Trinajstić information content (AvgIpc) is 2.65. The molecular formula is C17H18N2O. The van der Waals surface area contributed by atoms with Crippen LogP contribution in [0.1, 0.15) is 25.0 Å². The molecule has 0 radical (unpaired) electrons. The normalized spacial score (nSPS) is 19.1. The fraction of sp³-hybridized carbons (Fsp3) is 0.235. The van der Waals surface area contributed by atoms with Crippen LogP contribution in [0.2, 0.25) is 0 Å². The van der Waals surface area contributed by atoms with E-state index in [1.54, 1.807) is 0 Å². The molecule has 2 N–H and O–H groups in total. The Balaban J connectivity index is 2.18. The van der Waals surface area contributed by atoms with Gasteiger partial charge in [-0.1, -0.05) is 36.4 Å². The Kier molecular flexibility index (Phi) is 2.78. The highest BCUT2D eigenvalue weighted by molar-refractivity contribution is 5.94. The Morgan fingerprint density at radius 2 is 1.85 bits per heavy atom. The third-order valence-corrected chi connectivity index (χ3v) is 3.89. The van der Waals surface area contributed by atoms with E-state index in [0.717, 1.165) is 11.3 Å². The second-order valence-electron chi connectivity index (χ2n) is 5.84. The van der Waals surface area contributed by atoms with E-state index < -0.39 is 5.41 Å². The summed E-state index contributed by atoms with van der Waals surface area (Å²) >= 11 is 0. The van der Waals surface area contributed by atoms with Gasteiger partial charge in [0.15, 0.2) is 0 Å². The third-order valence-electron chi connectivity index (χ3n) is 3.89. The van der Waals surface area contributed by atoms with Crippen LogP contribution in [0.3, 0.4) is 0 Å². The lowest BCUT2D eigenvalue weighted by atomic mass is 9.88. The van der Waals surface area contributed by atoms with E-state index in [1.165, 1.54) is 16.3 Å². The lowest BCUT2D eigenvalue weighted by Gasteiger charge is -2.15. The molecule has 0 aromatic heterocycles. The van der Waals surface area contributed by atoms with Crippen LogP contribution < -0.4 is 10.9 Å². The van der Waals surface area contributed by atoms with Crippen LogP contribution in [-0.4, -0.2) is 5.91 Å². The van der Waals surface area contributed by atoms with Crippen LogP contribution in [0.25, 0.3) is 16.8 Å². The van der Waals surface area contributed by atoms with Gasteiger partial charge in [0.2, 0.25) is 5.91 Å². The van der Waals surface area contributed by atoms with Crippen molar-refractivity contribution in [3.8, 4) is 0 Å². The lowest BCUT2D eigenvalue weighted by Crippen LogP contribution is -2.28. The van der Waals surface area contributed by atoms with Crippen molar-refractivity contribution in [1.82, 2.24) is 10.9 Å². The molecule has 0 bridgehead atoms. The van der Waals surface area contributed by atoms with Gasteiger partial charge in [-0.05, 0) is 48.7 Å². The Labute approximate surface area is 118 Å². The van der Waals surface area contributed by atoms with Gasteiger partial charge in [-0.2, -0.15) is 0 Å². The predicted octanol–water partition coefficient (Wildman–Crippen LogP) is 3.15. The SMILES string of the molecule is Cc1cc(/C=C2\NNC(=O)C2(C)C)c2ccccc2c1. The maximum atomic E-state index is 11.8. The Morgan fingerprint density at radius 3 is 2.55 bits per heavy atom. The number of fused-ring (bicyclic) bond motifs is 1. The highest BCUT2D eigenvalue weighted by Gasteiger charge is 2.37. The van der Waals surface area contributed by atoms with Gasteiger partial charge < -0.3 is 5.43 Å². The number of carbonyl (C=O) groups excluding carboxylic acids is 1. The first-order chi connectivity index (χ1) is 9.48. The molecule has 102 valence electrons. The standard InChI is InChI=1S/C17H18N2O/c1-11-8-12-6-4-5-7-14(12)13(9-11)10-15-17(2,3)16(20)19-18-15/h4-10,18H,1-3H3,(H,19,20)/b15-10-. The van der Waals surface area contributed by atoms with E-state index >= 15 is 0 Å². The smallest absolute Gasteiger partial charge is 0.249 e. The van der Waals surface area contributed by atoms with Crippen molar-refractivity contribution in [2.45, 2.75) is 20.8 Å². The number of hydrogen-bond acceptors (Lipinski definition) is 2. The van der Waals surface area contributed by atoms with E-state index in [2.05, 4.69) is 48.1 Å². The van der Waals surface area contributed by atoms with Crippen LogP contribution in [-0.2, 0) is 4.79 Å². The zero-order valence-corrected chi connectivity index (χ0v) is 11.9. The van der Waals surface area contributed by atoms with Crippen LogP contribution >= 0.6 is 0 Å². The van der Waals surface area contributed by atoms with E-state index in [4.69, 9.17) is 0 Å². The number of carbonyl (C=O) groups is 1. The summed E-state index contributed by atoms with van der Waals surface area (Å²) in [6.07, 6.45) is 2.06. The fourth-order valence-corrected chi connectivity index (χ4v) is 2.55. The maximum Gasteiger partial charge on any atom is 0.249 e. The van der Waals surface area contributed by atoms with E-state index in [1.807, 2.05) is 26.0 Å². The number of hydrazine groups is 1. The van der Waals surface area contributed by atoms with Crippen molar-refractivity contribution in [3.63, 3.8) is 0 Å². The summed E-state index contributed by atoms with van der Waals surface area (Å²) in [7, 11) is 0. The van der Waals surface area contributed by atoms with Gasteiger partial charge in [0.25, 0.3) is 0 Å². The van der Waals surface area contributed by atoms with Gasteiger partial charge in [-0.25, -0.2) is 0 Å². The van der Waals surface area contributed by atoms with Crippen molar-refractivity contribution in [2.75, 3.05) is 0 Å². The number of benzene rings is 2. The quantitative estimate of drug-likeness (QED) is 0.832. The van der Waals surface area contributed by atoms with Gasteiger partial charge in [-0.3, -0.25) is 10.2 Å². The van der Waals surface area contributed by atoms with Gasteiger partial charge in [0, 0.05) is 5.70 Å². The van der Waals surface area contributed by atoms with Crippen molar-refractivity contribution >= 4 is 22.8 Å². The summed E-state index contributed by atoms with van der Waals surface area (Å²) in [6.45, 7) is 5.93. The number of nitrogens with one attached hydrogen (secondary N) is 2. The van der Waals surface area contributed by atoms with Crippen LogP contribution in [0.4, 0.5) is 0 Å². The van der Waals surface area contributed by atoms with Crippen molar-refractivity contribution in [2.24, 2.45) is 5.41 Å². The minimum atomic E-state index is -0.523. The number of rotatable bonds is 1. The minimum absolute atomic E-state index is 0.000656. The topological polar surface area (TPSA) is 41.1 Å². The molecule has 0 unspecified atom stereocenters. The second-order valence-corrected chi connectivity index (χ2v) is 5.84. The highest BCUT2D eigenvalue weighted by atomic mass is 16.2. The lowest BCUT2D eigenvalue weighted by molar-refractivity contribution is -0.125. The monoisotopic (exact) mass is 266 g/mol. The van der Waals surface area contributed by atoms with Crippen LogP contribution in [0, 0.1) is 12.3 Å². The number of aryl methyl sites for hydroxylation is 1. The Bertz CT molecular complexity index is 729. The molecule has 1 fully saturated rings. The van der Waals surface area contributed by atoms with Gasteiger partial charge in [-0.15, -0.1) is 0 Å². The van der Waals surface area contributed by atoms with E-state index in [9.17, 15) is 4.79 Å². The Morgan fingerprint density at radius 1 is 1.10 bits per heavy atom. The molecule has 2 aromatic carbocycles. The van der Waals surface area contributed by atoms with Crippen molar-refractivity contribution < 1.29 is 4.79 Å². The molecule has 0 saturated carbocycles. The van der Waals surface area contributed by atoms with Gasteiger partial charge in [0.1, 0.15) is 0 Å². The summed E-state index contributed by atoms with van der Waals surface area (Å²) in [5.74, 6) is 0.000656. The first-order valence-electron chi connectivity index (χ1n) is 6.76. The average molecular weight is 266 g/mol. The third kappa shape index (κ3) is 1.95. The molecule has 1 aliphatic rings. The zero-order chi connectivity index (χ0) is 14.3. The predicted molar refractivity (Wildman–Crippen MR) is 81.7 cm³/mol. The molecule has 1 aliphatic heterocycles. The molecule has 0 atom stereocenters. The molecule has 0 spiro atoms. The van der Waals surface area contributed by atoms with Crippen molar-refractivity contribution in [1.29, 1.82) is 0 Å². The van der Waals surface area contributed by atoms with Gasteiger partial charge >= 0.3 is 0 Å². The fourth-order valence-electron chi connectivity index (χ4n) is 2.55. The molecular weight excluding hydrogens is 248 g/mol. The van der Waals surface area contributed by atoms with Crippen molar-refractivity contribution in [3.05, 3.63) is 53.2 Å². The molecule has 2 aromatic rings. The molecule has 0 aliphatic carbocycles. The largest absolute Gasteiger partial charge is 0.302 e. The van der Waals surface area contributed by atoms with Crippen LogP contribution in [0.15, 0.2) is 42.1 Å². The van der Waals surface area contributed by atoms with Crippen LogP contribution in [0.5, 0.6) is 0 Å². The van der Waals surface area contributed by atoms with E-state index in [-0.39, 0.29) is 5.91 Å². The summed E-state index contributed by atoms with van der Waals surface area (Å²) in [5.41, 5.74) is 8.40. The number of amides is 1. The summed E-state index contributed by atoms with van der Waals surface area (Å²) in [5, 5.41) is 2.41. The molecule has 3 heteroatoms. The molecule has 3 rings (SSSR count). The number of hydrogen-bond donors (Lipinski definition) is 2. The molecule has 1 heterocycles. The zero-order valence-electron chi connectivity index (χ0n) is 11.9.